The second kappa shape index (κ2) is 5.84. The van der Waals surface area contributed by atoms with Gasteiger partial charge in [-0.25, -0.2) is 4.98 Å². The number of aryl methyl sites for hydroxylation is 2. The van der Waals surface area contributed by atoms with Crippen LogP contribution in [0.1, 0.15) is 35.5 Å². The molecule has 1 heterocycles. The van der Waals surface area contributed by atoms with Gasteiger partial charge in [0.05, 0.1) is 13.2 Å². The standard InChI is InChI=1S/C14H20N4O/c1-5-15-13(14-16-8-17-18-14)12-10(3)6-9(2)7-11(12)19-4/h6-8,13,15H,5H2,1-4H3,(H,16,17,18). The Kier molecular flexibility index (Phi) is 4.16. The molecule has 0 saturated carbocycles. The summed E-state index contributed by atoms with van der Waals surface area (Å²) in [5.41, 5.74) is 3.47. The normalized spacial score (nSPS) is 12.4. The van der Waals surface area contributed by atoms with E-state index in [-0.39, 0.29) is 6.04 Å². The van der Waals surface area contributed by atoms with Crippen molar-refractivity contribution in [2.45, 2.75) is 26.8 Å². The van der Waals surface area contributed by atoms with Crippen LogP contribution >= 0.6 is 0 Å². The third-order valence-electron chi connectivity index (χ3n) is 3.12. The maximum absolute atomic E-state index is 5.53. The Morgan fingerprint density at radius 3 is 2.74 bits per heavy atom. The summed E-state index contributed by atoms with van der Waals surface area (Å²) in [5.74, 6) is 1.67. The number of nitrogens with one attached hydrogen (secondary N) is 2. The zero-order valence-corrected chi connectivity index (χ0v) is 11.8. The van der Waals surface area contributed by atoms with E-state index in [1.807, 2.05) is 6.07 Å². The molecule has 0 aliphatic carbocycles. The van der Waals surface area contributed by atoms with Crippen LogP contribution in [0.25, 0.3) is 0 Å². The van der Waals surface area contributed by atoms with E-state index < -0.39 is 0 Å². The van der Waals surface area contributed by atoms with Crippen LogP contribution in [-0.4, -0.2) is 28.8 Å². The minimum absolute atomic E-state index is 0.0388. The molecule has 1 aromatic heterocycles. The molecule has 1 atom stereocenters. The first-order chi connectivity index (χ1) is 9.17. The number of hydrogen-bond acceptors (Lipinski definition) is 4. The van der Waals surface area contributed by atoms with Crippen molar-refractivity contribution in [3.8, 4) is 5.75 Å². The van der Waals surface area contributed by atoms with Gasteiger partial charge in [0.25, 0.3) is 0 Å². The third kappa shape index (κ3) is 2.76. The molecule has 0 radical (unpaired) electrons. The van der Waals surface area contributed by atoms with Crippen molar-refractivity contribution in [2.75, 3.05) is 13.7 Å². The van der Waals surface area contributed by atoms with E-state index in [2.05, 4.69) is 47.3 Å². The van der Waals surface area contributed by atoms with Crippen LogP contribution in [0.2, 0.25) is 0 Å². The van der Waals surface area contributed by atoms with Gasteiger partial charge in [-0.1, -0.05) is 13.0 Å². The minimum atomic E-state index is -0.0388. The van der Waals surface area contributed by atoms with Crippen LogP contribution in [0.15, 0.2) is 18.5 Å². The number of hydrogen-bond donors (Lipinski definition) is 2. The van der Waals surface area contributed by atoms with Gasteiger partial charge in [-0.3, -0.25) is 5.10 Å². The zero-order chi connectivity index (χ0) is 13.8. The molecule has 0 aliphatic rings. The van der Waals surface area contributed by atoms with Gasteiger partial charge in [0.2, 0.25) is 0 Å². The Labute approximate surface area is 113 Å². The molecule has 0 fully saturated rings. The van der Waals surface area contributed by atoms with Gasteiger partial charge in [0, 0.05) is 5.56 Å². The molecule has 0 saturated heterocycles. The number of rotatable bonds is 5. The summed E-state index contributed by atoms with van der Waals surface area (Å²) in [6.07, 6.45) is 1.52. The van der Waals surface area contributed by atoms with Crippen LogP contribution in [-0.2, 0) is 0 Å². The van der Waals surface area contributed by atoms with E-state index in [0.717, 1.165) is 23.7 Å². The van der Waals surface area contributed by atoms with Crippen molar-refractivity contribution in [3.05, 3.63) is 41.0 Å². The summed E-state index contributed by atoms with van der Waals surface area (Å²) in [6.45, 7) is 7.06. The van der Waals surface area contributed by atoms with Gasteiger partial charge >= 0.3 is 0 Å². The van der Waals surface area contributed by atoms with Crippen molar-refractivity contribution >= 4 is 0 Å². The van der Waals surface area contributed by atoms with Crippen LogP contribution in [0.5, 0.6) is 5.75 Å². The molecular formula is C14H20N4O. The van der Waals surface area contributed by atoms with E-state index in [0.29, 0.717) is 0 Å². The lowest BCUT2D eigenvalue weighted by Crippen LogP contribution is -2.24. The number of ether oxygens (including phenoxy) is 1. The molecule has 0 aliphatic heterocycles. The molecular weight excluding hydrogens is 240 g/mol. The predicted molar refractivity (Wildman–Crippen MR) is 74.4 cm³/mol. The number of benzene rings is 1. The smallest absolute Gasteiger partial charge is 0.146 e. The van der Waals surface area contributed by atoms with Gasteiger partial charge in [-0.2, -0.15) is 5.10 Å². The molecule has 2 N–H and O–H groups in total. The van der Waals surface area contributed by atoms with Crippen molar-refractivity contribution in [2.24, 2.45) is 0 Å². The molecule has 0 spiro atoms. The van der Waals surface area contributed by atoms with Gasteiger partial charge in [-0.15, -0.1) is 0 Å². The molecule has 2 rings (SSSR count). The number of H-pyrrole nitrogens is 1. The van der Waals surface area contributed by atoms with E-state index in [4.69, 9.17) is 4.74 Å². The zero-order valence-electron chi connectivity index (χ0n) is 11.8. The summed E-state index contributed by atoms with van der Waals surface area (Å²) in [7, 11) is 1.70. The van der Waals surface area contributed by atoms with Crippen LogP contribution in [0, 0.1) is 13.8 Å². The highest BCUT2D eigenvalue weighted by molar-refractivity contribution is 5.47. The lowest BCUT2D eigenvalue weighted by molar-refractivity contribution is 0.402. The maximum Gasteiger partial charge on any atom is 0.146 e. The first-order valence-electron chi connectivity index (χ1n) is 6.41. The Hall–Kier alpha value is -1.88. The fourth-order valence-electron chi connectivity index (χ4n) is 2.37. The van der Waals surface area contributed by atoms with Crippen LogP contribution < -0.4 is 10.1 Å². The summed E-state index contributed by atoms with van der Waals surface area (Å²) in [6, 6.07) is 4.16. The lowest BCUT2D eigenvalue weighted by atomic mass is 9.97. The maximum atomic E-state index is 5.53. The molecule has 2 aromatic rings. The van der Waals surface area contributed by atoms with Crippen molar-refractivity contribution in [1.82, 2.24) is 20.5 Å². The summed E-state index contributed by atoms with van der Waals surface area (Å²) in [5, 5.41) is 10.3. The highest BCUT2D eigenvalue weighted by atomic mass is 16.5. The van der Waals surface area contributed by atoms with Crippen LogP contribution in [0.4, 0.5) is 0 Å². The van der Waals surface area contributed by atoms with Gasteiger partial charge in [0.1, 0.15) is 17.9 Å². The van der Waals surface area contributed by atoms with E-state index >= 15 is 0 Å². The minimum Gasteiger partial charge on any atom is -0.496 e. The van der Waals surface area contributed by atoms with Crippen LogP contribution in [0.3, 0.4) is 0 Å². The lowest BCUT2D eigenvalue weighted by Gasteiger charge is -2.21. The topological polar surface area (TPSA) is 62.8 Å². The molecule has 0 amide bonds. The number of nitrogens with zero attached hydrogens (tertiary/aromatic N) is 2. The number of methoxy groups -OCH3 is 1. The third-order valence-corrected chi connectivity index (χ3v) is 3.12. The van der Waals surface area contributed by atoms with Crippen molar-refractivity contribution < 1.29 is 4.74 Å². The molecule has 0 bridgehead atoms. The highest BCUT2D eigenvalue weighted by Crippen LogP contribution is 2.32. The summed E-state index contributed by atoms with van der Waals surface area (Å²) in [4.78, 5) is 4.27. The van der Waals surface area contributed by atoms with Gasteiger partial charge in [-0.05, 0) is 37.6 Å². The first-order valence-corrected chi connectivity index (χ1v) is 6.41. The SMILES string of the molecule is CCNC(c1ncn[nH]1)c1c(C)cc(C)cc1OC. The molecule has 5 nitrogen and oxygen atoms in total. The Morgan fingerprint density at radius 1 is 1.37 bits per heavy atom. The molecule has 1 unspecified atom stereocenters. The molecule has 1 aromatic carbocycles. The van der Waals surface area contributed by atoms with E-state index in [1.165, 1.54) is 17.5 Å². The quantitative estimate of drug-likeness (QED) is 0.864. The summed E-state index contributed by atoms with van der Waals surface area (Å²) < 4.78 is 5.53. The molecule has 102 valence electrons. The summed E-state index contributed by atoms with van der Waals surface area (Å²) >= 11 is 0. The predicted octanol–water partition coefficient (Wildman–Crippen LogP) is 2.13. The van der Waals surface area contributed by atoms with Crippen molar-refractivity contribution in [3.63, 3.8) is 0 Å². The van der Waals surface area contributed by atoms with E-state index in [9.17, 15) is 0 Å². The van der Waals surface area contributed by atoms with Gasteiger partial charge in [0.15, 0.2) is 0 Å². The number of aromatic nitrogens is 3. The highest BCUT2D eigenvalue weighted by Gasteiger charge is 2.22. The second-order valence-electron chi connectivity index (χ2n) is 4.56. The fourth-order valence-corrected chi connectivity index (χ4v) is 2.37. The monoisotopic (exact) mass is 260 g/mol. The molecule has 5 heteroatoms. The fraction of sp³-hybridized carbons (Fsp3) is 0.429. The number of aromatic amines is 1. The van der Waals surface area contributed by atoms with E-state index in [1.54, 1.807) is 7.11 Å². The largest absolute Gasteiger partial charge is 0.496 e. The molecule has 19 heavy (non-hydrogen) atoms. The Morgan fingerprint density at radius 2 is 2.16 bits per heavy atom. The average molecular weight is 260 g/mol. The second-order valence-corrected chi connectivity index (χ2v) is 4.56. The Balaban J connectivity index is 2.53. The van der Waals surface area contributed by atoms with Crippen molar-refractivity contribution in [1.29, 1.82) is 0 Å². The first kappa shape index (κ1) is 13.5. The van der Waals surface area contributed by atoms with Gasteiger partial charge < -0.3 is 10.1 Å². The average Bonchev–Trinajstić information content (AvgIpc) is 2.89. The Bertz CT molecular complexity index is 537.